The van der Waals surface area contributed by atoms with Gasteiger partial charge in [0.2, 0.25) is 5.88 Å². The molecule has 1 aromatic carbocycles. The zero-order valence-electron chi connectivity index (χ0n) is 19.0. The summed E-state index contributed by atoms with van der Waals surface area (Å²) in [5.41, 5.74) is 0.581. The molecule has 10 heteroatoms. The van der Waals surface area contributed by atoms with E-state index in [1.807, 2.05) is 0 Å². The molecular formula is C22H26Cl2N2O6. The van der Waals surface area contributed by atoms with E-state index in [4.69, 9.17) is 37.4 Å². The predicted molar refractivity (Wildman–Crippen MR) is 121 cm³/mol. The molecule has 1 aromatic heterocycles. The maximum atomic E-state index is 12.1. The number of methoxy groups -OCH3 is 1. The number of hydrogen-bond donors (Lipinski definition) is 0. The fraction of sp³-hybridized carbons (Fsp3) is 0.409. The van der Waals surface area contributed by atoms with Gasteiger partial charge in [0, 0.05) is 19.2 Å². The molecule has 0 aliphatic heterocycles. The summed E-state index contributed by atoms with van der Waals surface area (Å²) in [7, 11) is 2.95. The van der Waals surface area contributed by atoms with Gasteiger partial charge in [0.15, 0.2) is 11.9 Å². The minimum atomic E-state index is -0.891. The predicted octanol–water partition coefficient (Wildman–Crippen LogP) is 5.12. The molecule has 0 amide bonds. The van der Waals surface area contributed by atoms with Gasteiger partial charge in [-0.2, -0.15) is 5.10 Å². The summed E-state index contributed by atoms with van der Waals surface area (Å²) in [5.74, 6) is -0.315. The third-order valence-corrected chi connectivity index (χ3v) is 4.63. The molecule has 0 fully saturated rings. The maximum Gasteiger partial charge on any atom is 0.346 e. The zero-order chi connectivity index (χ0) is 24.2. The van der Waals surface area contributed by atoms with Gasteiger partial charge in [-0.15, -0.1) is 0 Å². The van der Waals surface area contributed by atoms with Gasteiger partial charge in [0.05, 0.1) is 28.4 Å². The van der Waals surface area contributed by atoms with Crippen LogP contribution in [0.2, 0.25) is 10.0 Å². The molecular weight excluding hydrogens is 459 g/mol. The normalized spacial score (nSPS) is 12.5. The van der Waals surface area contributed by atoms with E-state index in [1.165, 1.54) is 36.9 Å². The molecule has 0 unspecified atom stereocenters. The Bertz CT molecular complexity index is 1040. The molecule has 174 valence electrons. The van der Waals surface area contributed by atoms with E-state index in [-0.39, 0.29) is 21.5 Å². The number of benzene rings is 1. The smallest absolute Gasteiger partial charge is 0.346 e. The van der Waals surface area contributed by atoms with Crippen LogP contribution in [0.4, 0.5) is 0 Å². The van der Waals surface area contributed by atoms with Gasteiger partial charge in [-0.05, 0) is 46.8 Å². The Kier molecular flexibility index (Phi) is 8.20. The van der Waals surface area contributed by atoms with Crippen molar-refractivity contribution in [2.45, 2.75) is 46.3 Å². The number of carbonyl (C=O) groups is 2. The second-order valence-corrected chi connectivity index (χ2v) is 8.71. The molecule has 2 rings (SSSR count). The number of carbonyl (C=O) groups excluding carboxylic acids is 2. The number of esters is 2. The van der Waals surface area contributed by atoms with E-state index in [0.29, 0.717) is 17.1 Å². The molecule has 0 aliphatic carbocycles. The lowest BCUT2D eigenvalue weighted by Crippen LogP contribution is -2.25. The quantitative estimate of drug-likeness (QED) is 0.397. The van der Waals surface area contributed by atoms with Crippen molar-refractivity contribution in [3.63, 3.8) is 0 Å². The Hall–Kier alpha value is -2.71. The number of rotatable bonds is 7. The zero-order valence-corrected chi connectivity index (χ0v) is 20.5. The van der Waals surface area contributed by atoms with Gasteiger partial charge >= 0.3 is 11.9 Å². The highest BCUT2D eigenvalue weighted by Crippen LogP contribution is 2.39. The summed E-state index contributed by atoms with van der Waals surface area (Å²) in [6.45, 7) is 8.66. The van der Waals surface area contributed by atoms with Crippen LogP contribution in [0.25, 0.3) is 6.08 Å². The van der Waals surface area contributed by atoms with Crippen LogP contribution in [0.5, 0.6) is 17.4 Å². The molecule has 1 atom stereocenters. The standard InChI is InChI=1S/C22H26Cl2N2O6/c1-12-14(8-9-19(27)32-22(3,4)5)20(26(6)25-12)31-18-11-17(15(23)10-16(18)24)30-13(2)21(28)29-7/h8-11,13H,1-7H3/t13-/m0/s1. The Morgan fingerprint density at radius 1 is 1.16 bits per heavy atom. The number of nitrogens with zero attached hydrogens (tertiary/aromatic N) is 2. The van der Waals surface area contributed by atoms with Gasteiger partial charge in [-0.1, -0.05) is 23.2 Å². The van der Waals surface area contributed by atoms with E-state index >= 15 is 0 Å². The second-order valence-electron chi connectivity index (χ2n) is 7.89. The van der Waals surface area contributed by atoms with Crippen LogP contribution in [0.3, 0.4) is 0 Å². The van der Waals surface area contributed by atoms with Crippen molar-refractivity contribution < 1.29 is 28.5 Å². The minimum Gasteiger partial charge on any atom is -0.477 e. The van der Waals surface area contributed by atoms with E-state index < -0.39 is 23.6 Å². The molecule has 0 saturated carbocycles. The van der Waals surface area contributed by atoms with Crippen LogP contribution in [-0.2, 0) is 26.1 Å². The Morgan fingerprint density at radius 2 is 1.78 bits per heavy atom. The van der Waals surface area contributed by atoms with Crippen LogP contribution < -0.4 is 9.47 Å². The van der Waals surface area contributed by atoms with Crippen molar-refractivity contribution in [2.75, 3.05) is 7.11 Å². The summed E-state index contributed by atoms with van der Waals surface area (Å²) in [6, 6.07) is 2.91. The summed E-state index contributed by atoms with van der Waals surface area (Å²) in [6.07, 6.45) is 1.97. The second kappa shape index (κ2) is 10.3. The molecule has 2 aromatic rings. The number of aromatic nitrogens is 2. The first-order chi connectivity index (χ1) is 14.8. The molecule has 0 aliphatic rings. The molecule has 0 radical (unpaired) electrons. The van der Waals surface area contributed by atoms with Crippen LogP contribution in [0, 0.1) is 6.92 Å². The van der Waals surface area contributed by atoms with Crippen LogP contribution in [0.1, 0.15) is 39.0 Å². The van der Waals surface area contributed by atoms with Crippen molar-refractivity contribution in [1.29, 1.82) is 0 Å². The van der Waals surface area contributed by atoms with Gasteiger partial charge in [-0.3, -0.25) is 0 Å². The van der Waals surface area contributed by atoms with Crippen molar-refractivity contribution in [2.24, 2.45) is 7.05 Å². The first kappa shape index (κ1) is 25.5. The number of halogens is 2. The first-order valence-corrected chi connectivity index (χ1v) is 10.4. The monoisotopic (exact) mass is 484 g/mol. The highest BCUT2D eigenvalue weighted by Gasteiger charge is 2.21. The highest BCUT2D eigenvalue weighted by atomic mass is 35.5. The van der Waals surface area contributed by atoms with Crippen molar-refractivity contribution in [3.05, 3.63) is 39.5 Å². The minimum absolute atomic E-state index is 0.189. The Balaban J connectivity index is 2.36. The Labute approximate surface area is 197 Å². The molecule has 0 N–H and O–H groups in total. The third-order valence-electron chi connectivity index (χ3n) is 4.04. The maximum absolute atomic E-state index is 12.1. The van der Waals surface area contributed by atoms with Crippen LogP contribution >= 0.6 is 23.2 Å². The van der Waals surface area contributed by atoms with Gasteiger partial charge in [-0.25, -0.2) is 14.3 Å². The summed E-state index contributed by atoms with van der Waals surface area (Å²) in [5, 5.41) is 4.75. The lowest BCUT2D eigenvalue weighted by atomic mass is 10.2. The fourth-order valence-electron chi connectivity index (χ4n) is 2.64. The summed E-state index contributed by atoms with van der Waals surface area (Å²) < 4.78 is 23.0. The lowest BCUT2D eigenvalue weighted by Gasteiger charge is -2.18. The average Bonchev–Trinajstić information content (AvgIpc) is 2.94. The first-order valence-electron chi connectivity index (χ1n) is 9.68. The van der Waals surface area contributed by atoms with Crippen molar-refractivity contribution >= 4 is 41.2 Å². The summed E-state index contributed by atoms with van der Waals surface area (Å²) in [4.78, 5) is 23.7. The molecule has 1 heterocycles. The lowest BCUT2D eigenvalue weighted by molar-refractivity contribution is -0.149. The average molecular weight is 485 g/mol. The van der Waals surface area contributed by atoms with E-state index in [2.05, 4.69) is 9.84 Å². The van der Waals surface area contributed by atoms with Crippen LogP contribution in [0.15, 0.2) is 18.2 Å². The van der Waals surface area contributed by atoms with Gasteiger partial charge in [0.25, 0.3) is 0 Å². The number of ether oxygens (including phenoxy) is 4. The molecule has 0 bridgehead atoms. The SMILES string of the molecule is COC(=O)[C@H](C)Oc1cc(Oc2c(C=CC(=O)OC(C)(C)C)c(C)nn2C)c(Cl)cc1Cl. The van der Waals surface area contributed by atoms with E-state index in [9.17, 15) is 9.59 Å². The summed E-state index contributed by atoms with van der Waals surface area (Å²) >= 11 is 12.5. The van der Waals surface area contributed by atoms with Crippen molar-refractivity contribution in [3.8, 4) is 17.4 Å². The fourth-order valence-corrected chi connectivity index (χ4v) is 3.11. The van der Waals surface area contributed by atoms with Crippen molar-refractivity contribution in [1.82, 2.24) is 9.78 Å². The molecule has 0 saturated heterocycles. The van der Waals surface area contributed by atoms with Gasteiger partial charge < -0.3 is 18.9 Å². The van der Waals surface area contributed by atoms with E-state index in [0.717, 1.165) is 0 Å². The topological polar surface area (TPSA) is 88.9 Å². The third kappa shape index (κ3) is 6.64. The van der Waals surface area contributed by atoms with Gasteiger partial charge in [0.1, 0.15) is 11.4 Å². The largest absolute Gasteiger partial charge is 0.477 e. The number of hydrogen-bond acceptors (Lipinski definition) is 7. The Morgan fingerprint density at radius 3 is 2.38 bits per heavy atom. The molecule has 0 spiro atoms. The van der Waals surface area contributed by atoms with Crippen LogP contribution in [-0.4, -0.2) is 40.5 Å². The number of aryl methyl sites for hydroxylation is 2. The highest BCUT2D eigenvalue weighted by molar-refractivity contribution is 6.36. The molecule has 32 heavy (non-hydrogen) atoms. The molecule has 8 nitrogen and oxygen atoms in total. The van der Waals surface area contributed by atoms with E-state index in [1.54, 1.807) is 40.8 Å².